The molecule has 11 heteroatoms. The van der Waals surface area contributed by atoms with Gasteiger partial charge in [-0.2, -0.15) is 5.10 Å². The summed E-state index contributed by atoms with van der Waals surface area (Å²) in [6.07, 6.45) is 1.07. The van der Waals surface area contributed by atoms with Crippen molar-refractivity contribution >= 4 is 29.2 Å². The number of carbonyl (C=O) groups is 1. The molecule has 1 N–H and O–H groups in total. The molecule has 1 aliphatic rings. The summed E-state index contributed by atoms with van der Waals surface area (Å²) in [7, 11) is 0. The van der Waals surface area contributed by atoms with Gasteiger partial charge in [0.2, 0.25) is 5.91 Å². The Bertz CT molecular complexity index is 987. The number of nitrogens with one attached hydrogen (secondary N) is 1. The zero-order valence-electron chi connectivity index (χ0n) is 15.9. The molecule has 30 heavy (non-hydrogen) atoms. The Labute approximate surface area is 171 Å². The van der Waals surface area contributed by atoms with E-state index in [0.29, 0.717) is 37.6 Å². The topological polar surface area (TPSA) is 140 Å². The quantitative estimate of drug-likeness (QED) is 0.416. The zero-order chi connectivity index (χ0) is 21.5. The molecule has 0 unspecified atom stereocenters. The fourth-order valence-corrected chi connectivity index (χ4v) is 3.07. The van der Waals surface area contributed by atoms with Gasteiger partial charge in [0.25, 0.3) is 11.4 Å². The molecule has 0 bridgehead atoms. The van der Waals surface area contributed by atoms with E-state index >= 15 is 0 Å². The van der Waals surface area contributed by atoms with Gasteiger partial charge in [-0.15, -0.1) is 0 Å². The van der Waals surface area contributed by atoms with Crippen LogP contribution in [0, 0.1) is 20.2 Å². The fourth-order valence-electron chi connectivity index (χ4n) is 3.07. The lowest BCUT2D eigenvalue weighted by Crippen LogP contribution is -2.36. The number of amides is 1. The van der Waals surface area contributed by atoms with Crippen LogP contribution in [0.3, 0.4) is 0 Å². The number of anilines is 1. The number of nitro benzene ring substituents is 2. The van der Waals surface area contributed by atoms with Crippen molar-refractivity contribution in [3.05, 3.63) is 73.8 Å². The van der Waals surface area contributed by atoms with E-state index in [1.165, 1.54) is 30.5 Å². The van der Waals surface area contributed by atoms with Crippen LogP contribution in [0.2, 0.25) is 0 Å². The zero-order valence-corrected chi connectivity index (χ0v) is 15.9. The van der Waals surface area contributed by atoms with E-state index in [1.807, 2.05) is 4.90 Å². The van der Waals surface area contributed by atoms with Crippen molar-refractivity contribution in [3.63, 3.8) is 0 Å². The molecule has 0 saturated carbocycles. The van der Waals surface area contributed by atoms with E-state index < -0.39 is 15.8 Å². The molecule has 0 spiro atoms. The molecule has 0 radical (unpaired) electrons. The van der Waals surface area contributed by atoms with Crippen LogP contribution in [0.1, 0.15) is 11.1 Å². The Morgan fingerprint density at radius 3 is 2.50 bits per heavy atom. The lowest BCUT2D eigenvalue weighted by Gasteiger charge is -2.28. The van der Waals surface area contributed by atoms with Gasteiger partial charge in [0.15, 0.2) is 0 Å². The van der Waals surface area contributed by atoms with Crippen molar-refractivity contribution in [3.8, 4) is 0 Å². The molecule has 0 atom stereocenters. The first kappa shape index (κ1) is 20.9. The van der Waals surface area contributed by atoms with Crippen LogP contribution in [0.15, 0.2) is 47.6 Å². The Hall–Kier alpha value is -3.86. The summed E-state index contributed by atoms with van der Waals surface area (Å²) >= 11 is 0. The van der Waals surface area contributed by atoms with Crippen LogP contribution < -0.4 is 10.3 Å². The number of carbonyl (C=O) groups excluding carboxylic acids is 1. The molecular weight excluding hydrogens is 394 g/mol. The van der Waals surface area contributed by atoms with Gasteiger partial charge >= 0.3 is 0 Å². The van der Waals surface area contributed by atoms with E-state index in [4.69, 9.17) is 4.74 Å². The maximum absolute atomic E-state index is 12.0. The lowest BCUT2D eigenvalue weighted by atomic mass is 10.1. The monoisotopic (exact) mass is 413 g/mol. The average Bonchev–Trinajstić information content (AvgIpc) is 2.74. The van der Waals surface area contributed by atoms with Crippen LogP contribution in [-0.2, 0) is 16.0 Å². The highest BCUT2D eigenvalue weighted by atomic mass is 16.6. The smallest absolute Gasteiger partial charge is 0.293 e. The Morgan fingerprint density at radius 2 is 1.80 bits per heavy atom. The molecule has 2 aromatic rings. The standard InChI is InChI=1S/C19H19N5O6/c25-19(12-15-3-1-2-4-16(15)23(26)27)21-20-13-14-5-6-17(18(11-14)24(28)29)22-7-9-30-10-8-22/h1-6,11,13H,7-10,12H2,(H,21,25)/b20-13+. The number of benzene rings is 2. The number of hydrogen-bond donors (Lipinski definition) is 1. The minimum absolute atomic E-state index is 0.0629. The predicted octanol–water partition coefficient (Wildman–Crippen LogP) is 2.03. The SMILES string of the molecule is O=C(Cc1ccccc1[N+](=O)[O-])N/N=C/c1ccc(N2CCOCC2)c([N+](=O)[O-])c1. The Balaban J connectivity index is 1.67. The van der Waals surface area contributed by atoms with Gasteiger partial charge in [-0.3, -0.25) is 25.0 Å². The Kier molecular flexibility index (Phi) is 6.65. The first-order chi connectivity index (χ1) is 14.5. The van der Waals surface area contributed by atoms with Gasteiger partial charge in [-0.05, 0) is 6.07 Å². The van der Waals surface area contributed by atoms with Crippen LogP contribution in [0.5, 0.6) is 0 Å². The van der Waals surface area contributed by atoms with E-state index in [9.17, 15) is 25.0 Å². The summed E-state index contributed by atoms with van der Waals surface area (Å²) in [4.78, 5) is 35.4. The van der Waals surface area contributed by atoms with Crippen LogP contribution >= 0.6 is 0 Å². The maximum atomic E-state index is 12.0. The summed E-state index contributed by atoms with van der Waals surface area (Å²) < 4.78 is 5.27. The van der Waals surface area contributed by atoms with Crippen LogP contribution in [-0.4, -0.2) is 48.3 Å². The molecule has 3 rings (SSSR count). The third kappa shape index (κ3) is 5.14. The number of ether oxygens (including phenoxy) is 1. The van der Waals surface area contributed by atoms with Gasteiger partial charge in [0, 0.05) is 36.3 Å². The van der Waals surface area contributed by atoms with Gasteiger partial charge in [0.05, 0.1) is 35.7 Å². The maximum Gasteiger partial charge on any atom is 0.293 e. The van der Waals surface area contributed by atoms with E-state index in [1.54, 1.807) is 18.2 Å². The number of morpholine rings is 1. The van der Waals surface area contributed by atoms with Gasteiger partial charge in [0.1, 0.15) is 5.69 Å². The minimum atomic E-state index is -0.555. The van der Waals surface area contributed by atoms with Crippen molar-refractivity contribution in [1.82, 2.24) is 5.43 Å². The molecule has 11 nitrogen and oxygen atoms in total. The second-order valence-corrected chi connectivity index (χ2v) is 6.46. The van der Waals surface area contributed by atoms with Crippen molar-refractivity contribution in [2.45, 2.75) is 6.42 Å². The number of hydrogen-bond acceptors (Lipinski definition) is 8. The van der Waals surface area contributed by atoms with Crippen LogP contribution in [0.25, 0.3) is 0 Å². The fraction of sp³-hybridized carbons (Fsp3) is 0.263. The van der Waals surface area contributed by atoms with Gasteiger partial charge in [-0.25, -0.2) is 5.43 Å². The summed E-state index contributed by atoms with van der Waals surface area (Å²) in [5, 5.41) is 26.3. The van der Waals surface area contributed by atoms with E-state index in [0.717, 1.165) is 0 Å². The number of rotatable bonds is 7. The van der Waals surface area contributed by atoms with Crippen LogP contribution in [0.4, 0.5) is 17.1 Å². The molecule has 156 valence electrons. The van der Waals surface area contributed by atoms with Crippen molar-refractivity contribution in [2.75, 3.05) is 31.2 Å². The molecule has 0 aliphatic carbocycles. The largest absolute Gasteiger partial charge is 0.378 e. The van der Waals surface area contributed by atoms with Crippen molar-refractivity contribution in [1.29, 1.82) is 0 Å². The molecule has 1 fully saturated rings. The number of hydrazone groups is 1. The molecular formula is C19H19N5O6. The lowest BCUT2D eigenvalue weighted by molar-refractivity contribution is -0.385. The first-order valence-electron chi connectivity index (χ1n) is 9.11. The number of nitrogens with zero attached hydrogens (tertiary/aromatic N) is 4. The molecule has 1 heterocycles. The average molecular weight is 413 g/mol. The van der Waals surface area contributed by atoms with Gasteiger partial charge in [-0.1, -0.05) is 24.3 Å². The minimum Gasteiger partial charge on any atom is -0.378 e. The first-order valence-corrected chi connectivity index (χ1v) is 9.11. The summed E-state index contributed by atoms with van der Waals surface area (Å²) in [6, 6.07) is 10.6. The molecule has 1 saturated heterocycles. The second-order valence-electron chi connectivity index (χ2n) is 6.46. The van der Waals surface area contributed by atoms with E-state index in [-0.39, 0.29) is 23.4 Å². The summed E-state index contributed by atoms with van der Waals surface area (Å²) in [5.74, 6) is -0.542. The van der Waals surface area contributed by atoms with Gasteiger partial charge < -0.3 is 9.64 Å². The molecule has 2 aromatic carbocycles. The summed E-state index contributed by atoms with van der Waals surface area (Å²) in [5.41, 5.74) is 3.27. The van der Waals surface area contributed by atoms with E-state index in [2.05, 4.69) is 10.5 Å². The molecule has 1 aliphatic heterocycles. The number of nitro groups is 2. The highest BCUT2D eigenvalue weighted by molar-refractivity contribution is 5.85. The third-order valence-corrected chi connectivity index (χ3v) is 4.49. The van der Waals surface area contributed by atoms with Crippen molar-refractivity contribution < 1.29 is 19.4 Å². The highest BCUT2D eigenvalue weighted by Crippen LogP contribution is 2.29. The van der Waals surface area contributed by atoms with Crippen molar-refractivity contribution in [2.24, 2.45) is 5.10 Å². The predicted molar refractivity (Wildman–Crippen MR) is 109 cm³/mol. The molecule has 1 amide bonds. The summed E-state index contributed by atoms with van der Waals surface area (Å²) in [6.45, 7) is 2.14. The third-order valence-electron chi connectivity index (χ3n) is 4.49. The normalized spacial score (nSPS) is 13.9. The highest BCUT2D eigenvalue weighted by Gasteiger charge is 2.21. The molecule has 0 aromatic heterocycles. The Morgan fingerprint density at radius 1 is 1.10 bits per heavy atom. The second kappa shape index (κ2) is 9.56. The number of para-hydroxylation sites is 1.